The molecule has 1 amide bonds. The highest BCUT2D eigenvalue weighted by Crippen LogP contribution is 2.27. The third kappa shape index (κ3) is 4.41. The van der Waals surface area contributed by atoms with Crippen molar-refractivity contribution in [2.45, 2.75) is 18.7 Å². The van der Waals surface area contributed by atoms with Gasteiger partial charge in [0.15, 0.2) is 0 Å². The number of carbonyl (C=O) groups is 1. The number of sulfonamides is 1. The molecule has 0 aliphatic heterocycles. The number of hydrogen-bond acceptors (Lipinski definition) is 3. The van der Waals surface area contributed by atoms with Gasteiger partial charge in [-0.25, -0.2) is 8.42 Å². The van der Waals surface area contributed by atoms with E-state index in [4.69, 9.17) is 11.6 Å². The van der Waals surface area contributed by atoms with Gasteiger partial charge in [-0.2, -0.15) is 4.31 Å². The summed E-state index contributed by atoms with van der Waals surface area (Å²) in [5, 5.41) is 2.83. The van der Waals surface area contributed by atoms with E-state index in [1.807, 2.05) is 6.07 Å². The number of halogens is 2. The van der Waals surface area contributed by atoms with Crippen LogP contribution >= 0.6 is 27.5 Å². The van der Waals surface area contributed by atoms with E-state index in [1.54, 1.807) is 32.0 Å². The lowest BCUT2D eigenvalue weighted by Gasteiger charge is -2.19. The fourth-order valence-corrected chi connectivity index (χ4v) is 4.64. The van der Waals surface area contributed by atoms with E-state index < -0.39 is 15.9 Å². The number of anilines is 1. The highest BCUT2D eigenvalue weighted by Gasteiger charge is 2.25. The monoisotopic (exact) mass is 444 g/mol. The summed E-state index contributed by atoms with van der Waals surface area (Å²) < 4.78 is 27.4. The average Bonchev–Trinajstić information content (AvgIpc) is 2.58. The Labute approximate surface area is 161 Å². The molecule has 1 N–H and O–H groups in total. The molecule has 25 heavy (non-hydrogen) atoms. The summed E-state index contributed by atoms with van der Waals surface area (Å²) in [5.41, 5.74) is 0.807. The van der Waals surface area contributed by atoms with Crippen molar-refractivity contribution >= 4 is 49.1 Å². The second kappa shape index (κ2) is 8.31. The molecule has 0 bridgehead atoms. The lowest BCUT2D eigenvalue weighted by molar-refractivity contribution is 0.102. The van der Waals surface area contributed by atoms with Gasteiger partial charge in [-0.15, -0.1) is 0 Å². The Hall–Kier alpha value is -1.41. The third-order valence-electron chi connectivity index (χ3n) is 3.64. The second-order valence-electron chi connectivity index (χ2n) is 5.17. The van der Waals surface area contributed by atoms with Crippen LogP contribution in [0.3, 0.4) is 0 Å². The van der Waals surface area contributed by atoms with Crippen LogP contribution in [0.1, 0.15) is 24.2 Å². The van der Waals surface area contributed by atoms with Crippen molar-refractivity contribution in [1.29, 1.82) is 0 Å². The van der Waals surface area contributed by atoms with Crippen molar-refractivity contribution in [3.05, 3.63) is 57.5 Å². The van der Waals surface area contributed by atoms with Crippen LogP contribution in [0.15, 0.2) is 51.8 Å². The number of para-hydroxylation sites is 1. The van der Waals surface area contributed by atoms with Gasteiger partial charge >= 0.3 is 0 Å². The molecule has 0 radical (unpaired) electrons. The normalized spacial score (nSPS) is 11.6. The number of benzene rings is 2. The number of amides is 1. The Kier molecular flexibility index (Phi) is 6.62. The SMILES string of the molecule is CCN(CC)S(=O)(=O)c1cc(C(=O)Nc2ccccc2Br)ccc1Cl. The molecule has 0 saturated carbocycles. The summed E-state index contributed by atoms with van der Waals surface area (Å²) in [4.78, 5) is 12.4. The third-order valence-corrected chi connectivity index (χ3v) is 6.86. The molecule has 0 saturated heterocycles. The van der Waals surface area contributed by atoms with E-state index in [1.165, 1.54) is 22.5 Å². The minimum Gasteiger partial charge on any atom is -0.321 e. The van der Waals surface area contributed by atoms with Gasteiger partial charge in [0, 0.05) is 23.1 Å². The molecule has 134 valence electrons. The number of rotatable bonds is 6. The first-order valence-corrected chi connectivity index (χ1v) is 10.3. The Morgan fingerprint density at radius 3 is 2.40 bits per heavy atom. The smallest absolute Gasteiger partial charge is 0.255 e. The molecule has 2 aromatic carbocycles. The molecule has 5 nitrogen and oxygen atoms in total. The quantitative estimate of drug-likeness (QED) is 0.717. The highest BCUT2D eigenvalue weighted by atomic mass is 79.9. The van der Waals surface area contributed by atoms with Gasteiger partial charge in [0.25, 0.3) is 5.91 Å². The Morgan fingerprint density at radius 2 is 1.80 bits per heavy atom. The molecule has 8 heteroatoms. The van der Waals surface area contributed by atoms with Crippen LogP contribution in [0.4, 0.5) is 5.69 Å². The van der Waals surface area contributed by atoms with Gasteiger partial charge in [0.1, 0.15) is 4.90 Å². The first kappa shape index (κ1) is 19.9. The molecule has 2 aromatic rings. The molecular formula is C17H18BrClN2O3S. The van der Waals surface area contributed by atoms with Crippen LogP contribution in [0.5, 0.6) is 0 Å². The standard InChI is InChI=1S/C17H18BrClN2O3S/c1-3-21(4-2)25(23,24)16-11-12(9-10-14(16)19)17(22)20-15-8-6-5-7-13(15)18/h5-11H,3-4H2,1-2H3,(H,20,22). The Morgan fingerprint density at radius 1 is 1.16 bits per heavy atom. The van der Waals surface area contributed by atoms with E-state index in [-0.39, 0.29) is 15.5 Å². The minimum absolute atomic E-state index is 0.0716. The maximum Gasteiger partial charge on any atom is 0.255 e. The number of hydrogen-bond donors (Lipinski definition) is 1. The predicted molar refractivity (Wildman–Crippen MR) is 104 cm³/mol. The number of carbonyl (C=O) groups excluding carboxylic acids is 1. The molecule has 0 fully saturated rings. The molecule has 0 aliphatic carbocycles. The van der Waals surface area contributed by atoms with E-state index in [9.17, 15) is 13.2 Å². The van der Waals surface area contributed by atoms with Gasteiger partial charge in [-0.1, -0.05) is 37.6 Å². The molecule has 0 heterocycles. The Bertz CT molecular complexity index is 883. The maximum absolute atomic E-state index is 12.7. The minimum atomic E-state index is -3.76. The van der Waals surface area contributed by atoms with E-state index in [0.29, 0.717) is 18.8 Å². The zero-order valence-electron chi connectivity index (χ0n) is 13.8. The summed E-state index contributed by atoms with van der Waals surface area (Å²) in [6.45, 7) is 4.14. The second-order valence-corrected chi connectivity index (χ2v) is 8.34. The van der Waals surface area contributed by atoms with Crippen molar-refractivity contribution in [2.75, 3.05) is 18.4 Å². The fraction of sp³-hybridized carbons (Fsp3) is 0.235. The molecule has 0 unspecified atom stereocenters. The van der Waals surface area contributed by atoms with Crippen molar-refractivity contribution in [2.24, 2.45) is 0 Å². The van der Waals surface area contributed by atoms with Crippen LogP contribution in [0.2, 0.25) is 5.02 Å². The van der Waals surface area contributed by atoms with Gasteiger partial charge in [-0.3, -0.25) is 4.79 Å². The molecular weight excluding hydrogens is 428 g/mol. The summed E-state index contributed by atoms with van der Waals surface area (Å²) >= 11 is 9.44. The van der Waals surface area contributed by atoms with Crippen molar-refractivity contribution in [1.82, 2.24) is 4.31 Å². The van der Waals surface area contributed by atoms with Gasteiger partial charge in [-0.05, 0) is 46.3 Å². The lowest BCUT2D eigenvalue weighted by Crippen LogP contribution is -2.31. The zero-order valence-corrected chi connectivity index (χ0v) is 17.0. The maximum atomic E-state index is 12.7. The summed E-state index contributed by atoms with van der Waals surface area (Å²) in [5.74, 6) is -0.417. The predicted octanol–water partition coefficient (Wildman–Crippen LogP) is 4.39. The summed E-state index contributed by atoms with van der Waals surface area (Å²) in [6, 6.07) is 11.4. The molecule has 0 spiro atoms. The van der Waals surface area contributed by atoms with Gasteiger partial charge < -0.3 is 5.32 Å². The fourth-order valence-electron chi connectivity index (χ4n) is 2.30. The van der Waals surface area contributed by atoms with Crippen LogP contribution in [-0.4, -0.2) is 31.7 Å². The van der Waals surface area contributed by atoms with Crippen molar-refractivity contribution in [3.63, 3.8) is 0 Å². The van der Waals surface area contributed by atoms with Gasteiger partial charge in [0.05, 0.1) is 10.7 Å². The first-order chi connectivity index (χ1) is 11.8. The number of nitrogens with one attached hydrogen (secondary N) is 1. The Balaban J connectivity index is 2.39. The molecule has 0 aromatic heterocycles. The first-order valence-electron chi connectivity index (χ1n) is 7.66. The summed E-state index contributed by atoms with van der Waals surface area (Å²) in [6.07, 6.45) is 0. The number of nitrogens with zero attached hydrogens (tertiary/aromatic N) is 1. The highest BCUT2D eigenvalue weighted by molar-refractivity contribution is 9.10. The van der Waals surface area contributed by atoms with E-state index in [2.05, 4.69) is 21.2 Å². The van der Waals surface area contributed by atoms with Gasteiger partial charge in [0.2, 0.25) is 10.0 Å². The van der Waals surface area contributed by atoms with Crippen LogP contribution in [0, 0.1) is 0 Å². The molecule has 2 rings (SSSR count). The van der Waals surface area contributed by atoms with E-state index in [0.717, 1.165) is 4.47 Å². The van der Waals surface area contributed by atoms with Crippen LogP contribution in [-0.2, 0) is 10.0 Å². The zero-order chi connectivity index (χ0) is 18.6. The average molecular weight is 446 g/mol. The summed E-state index contributed by atoms with van der Waals surface area (Å²) in [7, 11) is -3.76. The molecule has 0 atom stereocenters. The van der Waals surface area contributed by atoms with E-state index >= 15 is 0 Å². The lowest BCUT2D eigenvalue weighted by atomic mass is 10.2. The van der Waals surface area contributed by atoms with Crippen LogP contribution in [0.25, 0.3) is 0 Å². The van der Waals surface area contributed by atoms with Crippen molar-refractivity contribution < 1.29 is 13.2 Å². The van der Waals surface area contributed by atoms with Crippen LogP contribution < -0.4 is 5.32 Å². The van der Waals surface area contributed by atoms with Crippen molar-refractivity contribution in [3.8, 4) is 0 Å². The topological polar surface area (TPSA) is 66.5 Å². The largest absolute Gasteiger partial charge is 0.321 e. The molecule has 0 aliphatic rings.